The van der Waals surface area contributed by atoms with Crippen molar-refractivity contribution in [3.05, 3.63) is 0 Å². The van der Waals surface area contributed by atoms with Crippen LogP contribution in [0.1, 0.15) is 52.9 Å². The molecule has 0 saturated carbocycles. The summed E-state index contributed by atoms with van der Waals surface area (Å²) in [6.45, 7) is 7.09. The minimum atomic E-state index is 0.578. The molecule has 0 N–H and O–H groups in total. The molecule has 0 spiro atoms. The van der Waals surface area contributed by atoms with Gasteiger partial charge in [-0.1, -0.05) is 27.2 Å². The van der Waals surface area contributed by atoms with E-state index in [-0.39, 0.29) is 0 Å². The molecule has 1 fully saturated rings. The zero-order valence-corrected chi connectivity index (χ0v) is 12.0. The third-order valence-corrected chi connectivity index (χ3v) is 6.26. The van der Waals surface area contributed by atoms with Gasteiger partial charge < -0.3 is 0 Å². The van der Waals surface area contributed by atoms with Crippen LogP contribution in [0.2, 0.25) is 0 Å². The highest BCUT2D eigenvalue weighted by Gasteiger charge is 2.14. The first kappa shape index (κ1) is 12.9. The molecule has 0 nitrogen and oxygen atoms in total. The van der Waals surface area contributed by atoms with Crippen LogP contribution in [-0.2, 0) is 0 Å². The van der Waals surface area contributed by atoms with E-state index in [9.17, 15) is 0 Å². The maximum atomic E-state index is 2.36. The van der Waals surface area contributed by atoms with Crippen molar-refractivity contribution in [3.63, 3.8) is 0 Å². The fraction of sp³-hybridized carbons (Fsp3) is 1.00. The molecule has 1 aliphatic heterocycles. The van der Waals surface area contributed by atoms with Crippen molar-refractivity contribution in [2.75, 3.05) is 12.3 Å². The number of unbranched alkanes of at least 4 members (excludes halogenated alkanes) is 1. The molecule has 1 rings (SSSR count). The summed E-state index contributed by atoms with van der Waals surface area (Å²) in [5.41, 5.74) is 1.13. The Morgan fingerprint density at radius 1 is 1.29 bits per heavy atom. The molecule has 0 aliphatic carbocycles. The van der Waals surface area contributed by atoms with Crippen molar-refractivity contribution in [1.82, 2.24) is 0 Å². The molecule has 1 aliphatic rings. The van der Waals surface area contributed by atoms with Gasteiger partial charge in [0.15, 0.2) is 0 Å². The highest BCUT2D eigenvalue weighted by atomic mass is 31.1. The summed E-state index contributed by atoms with van der Waals surface area (Å²) in [6, 6.07) is 0. The van der Waals surface area contributed by atoms with Crippen LogP contribution in [0.5, 0.6) is 0 Å². The summed E-state index contributed by atoms with van der Waals surface area (Å²) in [4.78, 5) is 0. The molecular weight excluding hydrogens is 206 g/mol. The van der Waals surface area contributed by atoms with E-state index in [1.165, 1.54) is 46.6 Å². The Morgan fingerprint density at radius 3 is 2.64 bits per heavy atom. The van der Waals surface area contributed by atoms with Gasteiger partial charge in [0.25, 0.3) is 0 Å². The molecule has 0 radical (unpaired) electrons. The predicted molar refractivity (Wildman–Crippen MR) is 73.0 cm³/mol. The number of hydrogen-bond acceptors (Lipinski definition) is 0. The van der Waals surface area contributed by atoms with Gasteiger partial charge in [0.1, 0.15) is 0 Å². The summed E-state index contributed by atoms with van der Waals surface area (Å²) in [6.07, 6.45) is 10.6. The van der Waals surface area contributed by atoms with E-state index in [4.69, 9.17) is 0 Å². The van der Waals surface area contributed by atoms with Crippen molar-refractivity contribution in [3.8, 4) is 0 Å². The van der Waals surface area contributed by atoms with E-state index < -0.39 is 0 Å². The standard InChI is InChI=1S/C12H26P2/c1-12(2,3)14-10-5-4-7-11-8-6-9-13-11/h11,13-14H,4-10H2,1-3H3. The average Bonchev–Trinajstić information content (AvgIpc) is 2.54. The van der Waals surface area contributed by atoms with Gasteiger partial charge in [-0.2, -0.15) is 0 Å². The topological polar surface area (TPSA) is 0 Å². The lowest BCUT2D eigenvalue weighted by molar-refractivity contribution is 0.659. The summed E-state index contributed by atoms with van der Waals surface area (Å²) < 4.78 is 0. The molecule has 1 saturated heterocycles. The van der Waals surface area contributed by atoms with Gasteiger partial charge in [0.05, 0.1) is 0 Å². The van der Waals surface area contributed by atoms with Gasteiger partial charge in [-0.15, -0.1) is 17.2 Å². The van der Waals surface area contributed by atoms with E-state index in [1.807, 2.05) is 0 Å². The van der Waals surface area contributed by atoms with Gasteiger partial charge in [0, 0.05) is 0 Å². The lowest BCUT2D eigenvalue weighted by Gasteiger charge is -2.18. The van der Waals surface area contributed by atoms with Crippen LogP contribution in [-0.4, -0.2) is 23.1 Å². The van der Waals surface area contributed by atoms with Crippen molar-refractivity contribution in [2.24, 2.45) is 0 Å². The Kier molecular flexibility index (Phi) is 5.95. The highest BCUT2D eigenvalue weighted by molar-refractivity contribution is 7.39. The minimum absolute atomic E-state index is 0.578. The monoisotopic (exact) mass is 232 g/mol. The quantitative estimate of drug-likeness (QED) is 0.484. The first-order valence-electron chi connectivity index (χ1n) is 6.06. The van der Waals surface area contributed by atoms with Crippen LogP contribution in [0.15, 0.2) is 0 Å². The maximum Gasteiger partial charge on any atom is -0.0207 e. The molecule has 84 valence electrons. The van der Waals surface area contributed by atoms with E-state index >= 15 is 0 Å². The van der Waals surface area contributed by atoms with E-state index in [1.54, 1.807) is 6.42 Å². The molecule has 1 heterocycles. The predicted octanol–water partition coefficient (Wildman–Crippen LogP) is 4.47. The molecule has 0 amide bonds. The second-order valence-corrected chi connectivity index (χ2v) is 9.54. The third kappa shape index (κ3) is 6.36. The van der Waals surface area contributed by atoms with Crippen LogP contribution >= 0.6 is 17.2 Å². The zero-order valence-electron chi connectivity index (χ0n) is 10.0. The second-order valence-electron chi connectivity index (χ2n) is 5.47. The first-order valence-corrected chi connectivity index (χ1v) is 8.55. The Labute approximate surface area is 93.6 Å². The van der Waals surface area contributed by atoms with Gasteiger partial charge in [-0.25, -0.2) is 0 Å². The smallest absolute Gasteiger partial charge is 0.0207 e. The van der Waals surface area contributed by atoms with Crippen LogP contribution in [0.3, 0.4) is 0 Å². The van der Waals surface area contributed by atoms with Gasteiger partial charge >= 0.3 is 0 Å². The van der Waals surface area contributed by atoms with Crippen LogP contribution in [0.25, 0.3) is 0 Å². The molecule has 2 heteroatoms. The van der Waals surface area contributed by atoms with Gasteiger partial charge in [-0.3, -0.25) is 0 Å². The van der Waals surface area contributed by atoms with Crippen LogP contribution in [0.4, 0.5) is 0 Å². The number of rotatable bonds is 5. The van der Waals surface area contributed by atoms with E-state index in [0.29, 0.717) is 5.16 Å². The van der Waals surface area contributed by atoms with Gasteiger partial charge in [0.2, 0.25) is 0 Å². The molecule has 0 aromatic heterocycles. The summed E-state index contributed by atoms with van der Waals surface area (Å²) >= 11 is 0. The molecule has 0 aromatic carbocycles. The largest absolute Gasteiger partial charge is 0.119 e. The van der Waals surface area contributed by atoms with Crippen molar-refractivity contribution < 1.29 is 0 Å². The summed E-state index contributed by atoms with van der Waals surface area (Å²) in [5, 5.41) is 0.578. The van der Waals surface area contributed by atoms with Crippen LogP contribution < -0.4 is 0 Å². The fourth-order valence-electron chi connectivity index (χ4n) is 1.98. The zero-order chi connectivity index (χ0) is 10.4. The number of hydrogen-bond donors (Lipinski definition) is 0. The van der Waals surface area contributed by atoms with Gasteiger partial charge in [-0.05, 0) is 48.8 Å². The Bertz CT molecular complexity index is 143. The average molecular weight is 232 g/mol. The van der Waals surface area contributed by atoms with Crippen LogP contribution in [0, 0.1) is 0 Å². The Morgan fingerprint density at radius 2 is 2.07 bits per heavy atom. The molecule has 0 bridgehead atoms. The van der Waals surface area contributed by atoms with Crippen molar-refractivity contribution >= 4 is 17.2 Å². The Balaban J connectivity index is 1.89. The SMILES string of the molecule is CC(C)(C)PCCCCC1CCCP1. The fourth-order valence-corrected chi connectivity index (χ4v) is 4.79. The maximum absolute atomic E-state index is 2.36. The third-order valence-electron chi connectivity index (χ3n) is 2.80. The normalized spacial score (nSPS) is 25.5. The molecule has 3 atom stereocenters. The first-order chi connectivity index (χ1) is 6.58. The van der Waals surface area contributed by atoms with E-state index in [2.05, 4.69) is 20.8 Å². The molecule has 3 unspecified atom stereocenters. The highest BCUT2D eigenvalue weighted by Crippen LogP contribution is 2.36. The summed E-state index contributed by atoms with van der Waals surface area (Å²) in [7, 11) is 2.47. The molecule has 14 heavy (non-hydrogen) atoms. The molecule has 0 aromatic rings. The summed E-state index contributed by atoms with van der Waals surface area (Å²) in [5.74, 6) is 0. The Hall–Kier alpha value is 0.860. The van der Waals surface area contributed by atoms with Crippen molar-refractivity contribution in [2.45, 2.75) is 63.7 Å². The van der Waals surface area contributed by atoms with Crippen molar-refractivity contribution in [1.29, 1.82) is 0 Å². The lowest BCUT2D eigenvalue weighted by atomic mass is 10.1. The van der Waals surface area contributed by atoms with E-state index in [0.717, 1.165) is 14.2 Å². The minimum Gasteiger partial charge on any atom is -0.119 e. The molecular formula is C12H26P2. The second kappa shape index (κ2) is 6.44. The lowest BCUT2D eigenvalue weighted by Crippen LogP contribution is -2.05.